The molecular formula is C18H15NO4. The van der Waals surface area contributed by atoms with Crippen molar-refractivity contribution in [2.75, 3.05) is 7.11 Å². The van der Waals surface area contributed by atoms with Crippen molar-refractivity contribution in [2.45, 2.75) is 0 Å². The van der Waals surface area contributed by atoms with Crippen LogP contribution in [0.2, 0.25) is 0 Å². The average molecular weight is 309 g/mol. The quantitative estimate of drug-likeness (QED) is 0.698. The number of methoxy groups -OCH3 is 1. The molecule has 0 amide bonds. The van der Waals surface area contributed by atoms with Crippen LogP contribution in [0.1, 0.15) is 21.5 Å². The first-order valence-corrected chi connectivity index (χ1v) is 6.98. The van der Waals surface area contributed by atoms with Gasteiger partial charge in [-0.3, -0.25) is 4.79 Å². The fourth-order valence-electron chi connectivity index (χ4n) is 2.53. The van der Waals surface area contributed by atoms with Crippen molar-refractivity contribution in [3.05, 3.63) is 76.4 Å². The van der Waals surface area contributed by atoms with E-state index in [0.717, 1.165) is 5.56 Å². The van der Waals surface area contributed by atoms with Gasteiger partial charge in [-0.15, -0.1) is 0 Å². The standard InChI is InChI=1S/C18H15NO4/c1-11(12-7-5-4-6-8-12)13-9-19(2)17(20)15-14(18(21)22-3)10-23-16(13)15/h4-10H,1H2,2-3H3. The molecule has 3 aromatic rings. The summed E-state index contributed by atoms with van der Waals surface area (Å²) in [6, 6.07) is 9.56. The molecule has 0 bridgehead atoms. The van der Waals surface area contributed by atoms with Gasteiger partial charge < -0.3 is 13.7 Å². The first-order valence-electron chi connectivity index (χ1n) is 6.98. The Morgan fingerprint density at radius 2 is 1.91 bits per heavy atom. The van der Waals surface area contributed by atoms with E-state index in [4.69, 9.17) is 9.15 Å². The highest BCUT2D eigenvalue weighted by Crippen LogP contribution is 2.29. The maximum absolute atomic E-state index is 12.4. The van der Waals surface area contributed by atoms with Crippen LogP contribution in [0.15, 0.2) is 58.6 Å². The molecule has 0 saturated heterocycles. The minimum absolute atomic E-state index is 0.116. The molecule has 3 rings (SSSR count). The molecule has 2 aromatic heterocycles. The summed E-state index contributed by atoms with van der Waals surface area (Å²) >= 11 is 0. The van der Waals surface area contributed by atoms with Gasteiger partial charge in [-0.2, -0.15) is 0 Å². The normalized spacial score (nSPS) is 10.7. The van der Waals surface area contributed by atoms with E-state index in [1.807, 2.05) is 30.3 Å². The van der Waals surface area contributed by atoms with Gasteiger partial charge in [0.25, 0.3) is 5.56 Å². The number of aromatic nitrogens is 1. The van der Waals surface area contributed by atoms with Gasteiger partial charge in [-0.25, -0.2) is 4.79 Å². The van der Waals surface area contributed by atoms with Gasteiger partial charge in [0.05, 0.1) is 7.11 Å². The number of hydrogen-bond donors (Lipinski definition) is 0. The summed E-state index contributed by atoms with van der Waals surface area (Å²) in [5, 5.41) is 0.203. The Kier molecular flexibility index (Phi) is 3.62. The average Bonchev–Trinajstić information content (AvgIpc) is 3.02. The van der Waals surface area contributed by atoms with E-state index in [-0.39, 0.29) is 16.5 Å². The van der Waals surface area contributed by atoms with E-state index in [1.165, 1.54) is 17.9 Å². The van der Waals surface area contributed by atoms with E-state index in [0.29, 0.717) is 16.7 Å². The van der Waals surface area contributed by atoms with Crippen LogP contribution in [0.3, 0.4) is 0 Å². The van der Waals surface area contributed by atoms with Crippen molar-refractivity contribution >= 4 is 22.5 Å². The summed E-state index contributed by atoms with van der Waals surface area (Å²) in [5.41, 5.74) is 2.40. The molecule has 0 radical (unpaired) electrons. The molecule has 5 heteroatoms. The van der Waals surface area contributed by atoms with Gasteiger partial charge in [0, 0.05) is 18.8 Å². The largest absolute Gasteiger partial charge is 0.465 e. The molecule has 0 aliphatic rings. The number of fused-ring (bicyclic) bond motifs is 1. The molecule has 0 N–H and O–H groups in total. The predicted molar refractivity (Wildman–Crippen MR) is 87.4 cm³/mol. The van der Waals surface area contributed by atoms with Crippen molar-refractivity contribution < 1.29 is 13.9 Å². The number of nitrogens with zero attached hydrogens (tertiary/aromatic N) is 1. The highest BCUT2D eigenvalue weighted by Gasteiger charge is 2.22. The number of hydrogen-bond acceptors (Lipinski definition) is 4. The number of carbonyl (C=O) groups excluding carboxylic acids is 1. The SMILES string of the molecule is C=C(c1ccccc1)c1cn(C)c(=O)c2c(C(=O)OC)coc12. The fourth-order valence-corrected chi connectivity index (χ4v) is 2.53. The molecule has 1 aromatic carbocycles. The lowest BCUT2D eigenvalue weighted by Crippen LogP contribution is -2.18. The second-order valence-corrected chi connectivity index (χ2v) is 5.15. The van der Waals surface area contributed by atoms with Crippen LogP contribution in [-0.2, 0) is 11.8 Å². The van der Waals surface area contributed by atoms with E-state index in [9.17, 15) is 9.59 Å². The fraction of sp³-hybridized carbons (Fsp3) is 0.111. The summed E-state index contributed by atoms with van der Waals surface area (Å²) in [7, 11) is 2.88. The third-order valence-electron chi connectivity index (χ3n) is 3.75. The smallest absolute Gasteiger partial charge is 0.341 e. The van der Waals surface area contributed by atoms with Gasteiger partial charge in [0.2, 0.25) is 0 Å². The number of rotatable bonds is 3. The Hall–Kier alpha value is -3.08. The Labute approximate surface area is 132 Å². The number of benzene rings is 1. The van der Waals surface area contributed by atoms with Crippen molar-refractivity contribution in [2.24, 2.45) is 7.05 Å². The van der Waals surface area contributed by atoms with Crippen LogP contribution in [0.5, 0.6) is 0 Å². The van der Waals surface area contributed by atoms with E-state index in [2.05, 4.69) is 6.58 Å². The van der Waals surface area contributed by atoms with Gasteiger partial charge in [0.15, 0.2) is 0 Å². The van der Waals surface area contributed by atoms with Crippen LogP contribution in [-0.4, -0.2) is 17.6 Å². The lowest BCUT2D eigenvalue weighted by Gasteiger charge is -2.09. The molecule has 5 nitrogen and oxygen atoms in total. The predicted octanol–water partition coefficient (Wildman–Crippen LogP) is 2.98. The Morgan fingerprint density at radius 1 is 1.22 bits per heavy atom. The van der Waals surface area contributed by atoms with E-state index < -0.39 is 5.97 Å². The zero-order valence-electron chi connectivity index (χ0n) is 12.8. The molecule has 2 heterocycles. The van der Waals surface area contributed by atoms with Crippen molar-refractivity contribution in [1.29, 1.82) is 0 Å². The Balaban J connectivity index is 2.29. The summed E-state index contributed by atoms with van der Waals surface area (Å²) in [4.78, 5) is 24.3. The molecule has 0 atom stereocenters. The maximum atomic E-state index is 12.4. The highest BCUT2D eigenvalue weighted by atomic mass is 16.5. The number of esters is 1. The highest BCUT2D eigenvalue weighted by molar-refractivity contribution is 6.05. The lowest BCUT2D eigenvalue weighted by molar-refractivity contribution is 0.0602. The van der Waals surface area contributed by atoms with Crippen molar-refractivity contribution in [1.82, 2.24) is 4.57 Å². The van der Waals surface area contributed by atoms with E-state index in [1.54, 1.807) is 13.2 Å². The van der Waals surface area contributed by atoms with Crippen LogP contribution in [0.4, 0.5) is 0 Å². The molecule has 23 heavy (non-hydrogen) atoms. The van der Waals surface area contributed by atoms with Crippen LogP contribution in [0.25, 0.3) is 16.5 Å². The number of carbonyl (C=O) groups is 1. The molecule has 0 aliphatic heterocycles. The van der Waals surface area contributed by atoms with Gasteiger partial charge in [-0.1, -0.05) is 36.9 Å². The van der Waals surface area contributed by atoms with Crippen LogP contribution < -0.4 is 5.56 Å². The maximum Gasteiger partial charge on any atom is 0.341 e. The molecule has 0 aliphatic carbocycles. The van der Waals surface area contributed by atoms with Crippen LogP contribution in [0, 0.1) is 0 Å². The third kappa shape index (κ3) is 2.36. The zero-order valence-corrected chi connectivity index (χ0v) is 12.8. The van der Waals surface area contributed by atoms with Gasteiger partial charge >= 0.3 is 5.97 Å². The summed E-state index contributed by atoms with van der Waals surface area (Å²) in [5.74, 6) is -0.608. The molecule has 0 saturated carbocycles. The summed E-state index contributed by atoms with van der Waals surface area (Å²) < 4.78 is 11.6. The number of ether oxygens (including phenoxy) is 1. The zero-order chi connectivity index (χ0) is 16.6. The first-order chi connectivity index (χ1) is 11.0. The van der Waals surface area contributed by atoms with Gasteiger partial charge in [-0.05, 0) is 11.1 Å². The molecular weight excluding hydrogens is 294 g/mol. The van der Waals surface area contributed by atoms with E-state index >= 15 is 0 Å². The molecule has 0 spiro atoms. The summed E-state index contributed by atoms with van der Waals surface area (Å²) in [6.07, 6.45) is 2.91. The Bertz CT molecular complexity index is 964. The second-order valence-electron chi connectivity index (χ2n) is 5.15. The van der Waals surface area contributed by atoms with Gasteiger partial charge in [0.1, 0.15) is 22.8 Å². The number of pyridine rings is 1. The first kappa shape index (κ1) is 14.8. The second kappa shape index (κ2) is 5.61. The number of aryl methyl sites for hydroxylation is 1. The molecule has 0 fully saturated rings. The monoisotopic (exact) mass is 309 g/mol. The minimum atomic E-state index is -0.608. The Morgan fingerprint density at radius 3 is 2.57 bits per heavy atom. The summed E-state index contributed by atoms with van der Waals surface area (Å²) in [6.45, 7) is 4.10. The molecule has 0 unspecified atom stereocenters. The van der Waals surface area contributed by atoms with Crippen LogP contribution >= 0.6 is 0 Å². The topological polar surface area (TPSA) is 61.4 Å². The van der Waals surface area contributed by atoms with Crippen molar-refractivity contribution in [3.63, 3.8) is 0 Å². The minimum Gasteiger partial charge on any atom is -0.465 e. The molecule has 116 valence electrons. The van der Waals surface area contributed by atoms with Crippen molar-refractivity contribution in [3.8, 4) is 0 Å². The number of furan rings is 1. The lowest BCUT2D eigenvalue weighted by atomic mass is 9.99. The third-order valence-corrected chi connectivity index (χ3v) is 3.75.